The van der Waals surface area contributed by atoms with E-state index in [1.165, 1.54) is 0 Å². The Morgan fingerprint density at radius 2 is 1.70 bits per heavy atom. The van der Waals surface area contributed by atoms with Crippen molar-refractivity contribution in [3.05, 3.63) is 54.4 Å². The minimum absolute atomic E-state index is 0.101. The Kier molecular flexibility index (Phi) is 6.92. The molecule has 1 aromatic heterocycles. The molecule has 1 aliphatic heterocycles. The molecule has 3 rings (SSSR count). The number of esters is 1. The zero-order valence-corrected chi connectivity index (χ0v) is 17.8. The SMILES string of the molecule is CC(C)(C)OC(=O)COc1ccc(C(=O)NC2CCN(c3ccncc3)CC2)cc1. The number of aromatic nitrogens is 1. The molecule has 1 N–H and O–H groups in total. The third-order valence-electron chi connectivity index (χ3n) is 4.75. The smallest absolute Gasteiger partial charge is 0.344 e. The number of nitrogens with zero attached hydrogens (tertiary/aromatic N) is 2. The zero-order valence-electron chi connectivity index (χ0n) is 17.8. The summed E-state index contributed by atoms with van der Waals surface area (Å²) in [6, 6.07) is 10.9. The highest BCUT2D eigenvalue weighted by Gasteiger charge is 2.21. The predicted octanol–water partition coefficient (Wildman–Crippen LogP) is 3.20. The summed E-state index contributed by atoms with van der Waals surface area (Å²) in [5, 5.41) is 3.11. The lowest BCUT2D eigenvalue weighted by atomic mass is 10.0. The molecular formula is C23H29N3O4. The monoisotopic (exact) mass is 411 g/mol. The Hall–Kier alpha value is -3.09. The second kappa shape index (κ2) is 9.61. The van der Waals surface area contributed by atoms with Crippen LogP contribution in [0.3, 0.4) is 0 Å². The van der Waals surface area contributed by atoms with Gasteiger partial charge in [0.2, 0.25) is 0 Å². The first kappa shape index (κ1) is 21.6. The molecule has 0 radical (unpaired) electrons. The number of rotatable bonds is 6. The Morgan fingerprint density at radius 1 is 1.07 bits per heavy atom. The van der Waals surface area contributed by atoms with Crippen molar-refractivity contribution in [3.63, 3.8) is 0 Å². The van der Waals surface area contributed by atoms with Gasteiger partial charge >= 0.3 is 5.97 Å². The molecule has 1 aromatic carbocycles. The minimum Gasteiger partial charge on any atom is -0.482 e. The number of piperidine rings is 1. The number of hydrogen-bond acceptors (Lipinski definition) is 6. The number of pyridine rings is 1. The highest BCUT2D eigenvalue weighted by molar-refractivity contribution is 5.94. The fourth-order valence-electron chi connectivity index (χ4n) is 3.32. The van der Waals surface area contributed by atoms with Gasteiger partial charge in [0.1, 0.15) is 11.4 Å². The molecule has 0 spiro atoms. The van der Waals surface area contributed by atoms with Crippen molar-refractivity contribution in [1.29, 1.82) is 0 Å². The lowest BCUT2D eigenvalue weighted by Gasteiger charge is -2.33. The zero-order chi connectivity index (χ0) is 21.6. The van der Waals surface area contributed by atoms with E-state index in [2.05, 4.69) is 15.2 Å². The Balaban J connectivity index is 1.44. The first-order chi connectivity index (χ1) is 14.3. The fourth-order valence-corrected chi connectivity index (χ4v) is 3.32. The highest BCUT2D eigenvalue weighted by atomic mass is 16.6. The molecule has 1 saturated heterocycles. The van der Waals surface area contributed by atoms with Crippen LogP contribution < -0.4 is 15.0 Å². The van der Waals surface area contributed by atoms with E-state index in [1.54, 1.807) is 57.4 Å². The summed E-state index contributed by atoms with van der Waals surface area (Å²) in [4.78, 5) is 30.6. The van der Waals surface area contributed by atoms with Gasteiger partial charge in [-0.3, -0.25) is 9.78 Å². The summed E-state index contributed by atoms with van der Waals surface area (Å²) in [6.45, 7) is 7.04. The summed E-state index contributed by atoms with van der Waals surface area (Å²) < 4.78 is 10.6. The van der Waals surface area contributed by atoms with E-state index >= 15 is 0 Å². The number of carbonyl (C=O) groups is 2. The second-order valence-electron chi connectivity index (χ2n) is 8.34. The van der Waals surface area contributed by atoms with E-state index in [0.717, 1.165) is 31.6 Å². The van der Waals surface area contributed by atoms with Crippen molar-refractivity contribution in [2.75, 3.05) is 24.6 Å². The quantitative estimate of drug-likeness (QED) is 0.736. The normalized spacial score (nSPS) is 14.8. The molecule has 0 saturated carbocycles. The van der Waals surface area contributed by atoms with Crippen LogP contribution in [0.25, 0.3) is 0 Å². The largest absolute Gasteiger partial charge is 0.482 e. The van der Waals surface area contributed by atoms with Gasteiger partial charge in [-0.2, -0.15) is 0 Å². The maximum absolute atomic E-state index is 12.6. The van der Waals surface area contributed by atoms with Crippen molar-refractivity contribution in [2.45, 2.75) is 45.3 Å². The van der Waals surface area contributed by atoms with Crippen molar-refractivity contribution in [3.8, 4) is 5.75 Å². The predicted molar refractivity (Wildman–Crippen MR) is 115 cm³/mol. The van der Waals surface area contributed by atoms with Gasteiger partial charge in [-0.1, -0.05) is 0 Å². The average Bonchev–Trinajstić information content (AvgIpc) is 2.72. The number of carbonyl (C=O) groups excluding carboxylic acids is 2. The van der Waals surface area contributed by atoms with Crippen LogP contribution >= 0.6 is 0 Å². The van der Waals surface area contributed by atoms with E-state index < -0.39 is 11.6 Å². The molecule has 30 heavy (non-hydrogen) atoms. The van der Waals surface area contributed by atoms with Crippen molar-refractivity contribution < 1.29 is 19.1 Å². The van der Waals surface area contributed by atoms with Gasteiger partial charge in [0.05, 0.1) is 0 Å². The average molecular weight is 412 g/mol. The lowest BCUT2D eigenvalue weighted by molar-refractivity contribution is -0.157. The molecule has 0 bridgehead atoms. The van der Waals surface area contributed by atoms with E-state index in [4.69, 9.17) is 9.47 Å². The minimum atomic E-state index is -0.545. The highest BCUT2D eigenvalue weighted by Crippen LogP contribution is 2.19. The summed E-state index contributed by atoms with van der Waals surface area (Å²) in [6.07, 6.45) is 5.38. The topological polar surface area (TPSA) is 80.8 Å². The van der Waals surface area contributed by atoms with Crippen LogP contribution in [0.2, 0.25) is 0 Å². The van der Waals surface area contributed by atoms with Gasteiger partial charge in [-0.15, -0.1) is 0 Å². The van der Waals surface area contributed by atoms with Crippen molar-refractivity contribution in [2.24, 2.45) is 0 Å². The van der Waals surface area contributed by atoms with Gasteiger partial charge in [0, 0.05) is 42.8 Å². The number of hydrogen-bond donors (Lipinski definition) is 1. The Bertz CT molecular complexity index is 839. The molecule has 7 heteroatoms. The summed E-state index contributed by atoms with van der Waals surface area (Å²) in [5.41, 5.74) is 1.18. The number of benzene rings is 1. The van der Waals surface area contributed by atoms with Crippen molar-refractivity contribution in [1.82, 2.24) is 10.3 Å². The van der Waals surface area contributed by atoms with Gasteiger partial charge < -0.3 is 19.7 Å². The van der Waals surface area contributed by atoms with Crippen LogP contribution in [-0.4, -0.2) is 48.2 Å². The molecule has 1 fully saturated rings. The first-order valence-corrected chi connectivity index (χ1v) is 10.2. The summed E-state index contributed by atoms with van der Waals surface area (Å²) >= 11 is 0. The molecule has 7 nitrogen and oxygen atoms in total. The molecular weight excluding hydrogens is 382 g/mol. The molecule has 2 aromatic rings. The third-order valence-corrected chi connectivity index (χ3v) is 4.75. The van der Waals surface area contributed by atoms with E-state index in [1.807, 2.05) is 12.1 Å². The van der Waals surface area contributed by atoms with Crippen molar-refractivity contribution >= 4 is 17.6 Å². The molecule has 0 aliphatic carbocycles. The fraction of sp³-hybridized carbons (Fsp3) is 0.435. The second-order valence-corrected chi connectivity index (χ2v) is 8.34. The Morgan fingerprint density at radius 3 is 2.30 bits per heavy atom. The van der Waals surface area contributed by atoms with E-state index in [9.17, 15) is 9.59 Å². The number of ether oxygens (including phenoxy) is 2. The number of amides is 1. The standard InChI is InChI=1S/C23H29N3O4/c1-23(2,3)30-21(27)16-29-20-6-4-17(5-7-20)22(28)25-18-10-14-26(15-11-18)19-8-12-24-13-9-19/h4-9,12-13,18H,10-11,14-16H2,1-3H3,(H,25,28). The molecule has 1 aliphatic rings. The van der Waals surface area contributed by atoms with E-state index in [0.29, 0.717) is 11.3 Å². The summed E-state index contributed by atoms with van der Waals surface area (Å²) in [7, 11) is 0. The lowest BCUT2D eigenvalue weighted by Crippen LogP contribution is -2.44. The van der Waals surface area contributed by atoms with Gasteiger partial charge in [-0.25, -0.2) is 4.79 Å². The van der Waals surface area contributed by atoms with Gasteiger partial charge in [0.25, 0.3) is 5.91 Å². The van der Waals surface area contributed by atoms with Crippen LogP contribution in [0.15, 0.2) is 48.8 Å². The van der Waals surface area contributed by atoms with Gasteiger partial charge in [0.15, 0.2) is 6.61 Å². The van der Waals surface area contributed by atoms with E-state index in [-0.39, 0.29) is 18.6 Å². The van der Waals surface area contributed by atoms with Crippen LogP contribution in [0.5, 0.6) is 5.75 Å². The molecule has 0 atom stereocenters. The number of anilines is 1. The van der Waals surface area contributed by atoms with Crippen LogP contribution in [0.1, 0.15) is 44.0 Å². The molecule has 2 heterocycles. The Labute approximate surface area is 177 Å². The van der Waals surface area contributed by atoms with Crippen LogP contribution in [-0.2, 0) is 9.53 Å². The van der Waals surface area contributed by atoms with Crippen LogP contribution in [0.4, 0.5) is 5.69 Å². The maximum atomic E-state index is 12.6. The van der Waals surface area contributed by atoms with Crippen LogP contribution in [0, 0.1) is 0 Å². The number of nitrogens with one attached hydrogen (secondary N) is 1. The molecule has 1 amide bonds. The summed E-state index contributed by atoms with van der Waals surface area (Å²) in [5.74, 6) is -0.0125. The maximum Gasteiger partial charge on any atom is 0.344 e. The first-order valence-electron chi connectivity index (χ1n) is 10.2. The molecule has 0 unspecified atom stereocenters. The molecule has 160 valence electrons. The third kappa shape index (κ3) is 6.47. The van der Waals surface area contributed by atoms with Gasteiger partial charge in [-0.05, 0) is 70.0 Å².